The summed E-state index contributed by atoms with van der Waals surface area (Å²) in [7, 11) is 1.66. The second-order valence-corrected chi connectivity index (χ2v) is 3.12. The van der Waals surface area contributed by atoms with E-state index in [-0.39, 0.29) is 5.60 Å². The molecule has 2 fully saturated rings. The summed E-state index contributed by atoms with van der Waals surface area (Å²) in [5, 5.41) is 0. The summed E-state index contributed by atoms with van der Waals surface area (Å²) in [5.41, 5.74) is -0.0292. The van der Waals surface area contributed by atoms with E-state index in [1.165, 1.54) is 12.8 Å². The Morgan fingerprint density at radius 2 is 2.64 bits per heavy atom. The molecule has 60 valence electrons. The molecule has 0 aromatic rings. The molecule has 2 rings (SSSR count). The van der Waals surface area contributed by atoms with Gasteiger partial charge in [0.25, 0.3) is 0 Å². The Bertz CT molecular complexity index is 213. The zero-order valence-corrected chi connectivity index (χ0v) is 6.72. The maximum Gasteiger partial charge on any atom is 0.155 e. The van der Waals surface area contributed by atoms with E-state index in [1.54, 1.807) is 7.11 Å². The Morgan fingerprint density at radius 1 is 1.73 bits per heavy atom. The van der Waals surface area contributed by atoms with E-state index in [0.717, 1.165) is 6.42 Å². The van der Waals surface area contributed by atoms with E-state index in [2.05, 4.69) is 11.8 Å². The average molecular weight is 152 g/mol. The van der Waals surface area contributed by atoms with Crippen LogP contribution in [0.15, 0.2) is 0 Å². The lowest BCUT2D eigenvalue weighted by atomic mass is 10.1. The molecular formula is C9H12O2. The Kier molecular flexibility index (Phi) is 1.63. The number of rotatable bonds is 1. The molecule has 1 saturated carbocycles. The summed E-state index contributed by atoms with van der Waals surface area (Å²) in [6.45, 7) is 0.526. The number of fused-ring (bicyclic) bond motifs is 1. The summed E-state index contributed by atoms with van der Waals surface area (Å²) < 4.78 is 10.3. The molecule has 0 aromatic heterocycles. The van der Waals surface area contributed by atoms with E-state index < -0.39 is 0 Å². The highest BCUT2D eigenvalue weighted by atomic mass is 16.6. The van der Waals surface area contributed by atoms with Gasteiger partial charge in [0.15, 0.2) is 5.60 Å². The summed E-state index contributed by atoms with van der Waals surface area (Å²) in [5.74, 6) is 6.10. The van der Waals surface area contributed by atoms with Gasteiger partial charge in [0.2, 0.25) is 0 Å². The molecule has 1 heterocycles. The van der Waals surface area contributed by atoms with E-state index in [9.17, 15) is 0 Å². The minimum Gasteiger partial charge on any atom is -0.372 e. The highest BCUT2D eigenvalue weighted by Gasteiger charge is 2.58. The normalized spacial score (nSPS) is 39.2. The van der Waals surface area contributed by atoms with Gasteiger partial charge in [-0.05, 0) is 19.3 Å². The molecule has 0 N–H and O–H groups in total. The van der Waals surface area contributed by atoms with E-state index in [0.29, 0.717) is 12.7 Å². The summed E-state index contributed by atoms with van der Waals surface area (Å²) in [4.78, 5) is 0. The van der Waals surface area contributed by atoms with Crippen molar-refractivity contribution in [3.63, 3.8) is 0 Å². The van der Waals surface area contributed by atoms with Crippen LogP contribution in [0.2, 0.25) is 0 Å². The van der Waals surface area contributed by atoms with Crippen LogP contribution in [-0.2, 0) is 9.47 Å². The molecule has 0 spiro atoms. The molecule has 1 aliphatic carbocycles. The first kappa shape index (κ1) is 7.15. The van der Waals surface area contributed by atoms with Crippen molar-refractivity contribution in [2.75, 3.05) is 13.7 Å². The van der Waals surface area contributed by atoms with Crippen LogP contribution < -0.4 is 0 Å². The molecule has 0 amide bonds. The van der Waals surface area contributed by atoms with Crippen molar-refractivity contribution >= 4 is 0 Å². The summed E-state index contributed by atoms with van der Waals surface area (Å²) in [6.07, 6.45) is 4.04. The predicted octanol–water partition coefficient (Wildman–Crippen LogP) is 0.958. The van der Waals surface area contributed by atoms with Crippen molar-refractivity contribution < 1.29 is 9.47 Å². The second-order valence-electron chi connectivity index (χ2n) is 3.12. The quantitative estimate of drug-likeness (QED) is 0.412. The predicted molar refractivity (Wildman–Crippen MR) is 41.1 cm³/mol. The van der Waals surface area contributed by atoms with Gasteiger partial charge in [0, 0.05) is 7.11 Å². The van der Waals surface area contributed by atoms with Crippen LogP contribution in [0.1, 0.15) is 19.3 Å². The minimum absolute atomic E-state index is 0.0292. The van der Waals surface area contributed by atoms with Crippen LogP contribution in [0.5, 0.6) is 0 Å². The number of methoxy groups -OCH3 is 1. The van der Waals surface area contributed by atoms with Crippen LogP contribution in [0.3, 0.4) is 0 Å². The molecule has 2 aliphatic rings. The molecule has 1 aliphatic heterocycles. The highest BCUT2D eigenvalue weighted by Crippen LogP contribution is 2.49. The first-order valence-corrected chi connectivity index (χ1v) is 4.04. The topological polar surface area (TPSA) is 21.8 Å². The molecular weight excluding hydrogens is 140 g/mol. The van der Waals surface area contributed by atoms with Gasteiger partial charge in [-0.1, -0.05) is 11.8 Å². The molecule has 0 radical (unpaired) electrons. The van der Waals surface area contributed by atoms with E-state index in [4.69, 9.17) is 9.47 Å². The van der Waals surface area contributed by atoms with Gasteiger partial charge < -0.3 is 9.47 Å². The Morgan fingerprint density at radius 3 is 3.18 bits per heavy atom. The lowest BCUT2D eigenvalue weighted by molar-refractivity contribution is 0.239. The van der Waals surface area contributed by atoms with Crippen molar-refractivity contribution in [3.05, 3.63) is 0 Å². The van der Waals surface area contributed by atoms with Crippen molar-refractivity contribution in [2.24, 2.45) is 0 Å². The van der Waals surface area contributed by atoms with Crippen molar-refractivity contribution in [2.45, 2.75) is 31.0 Å². The van der Waals surface area contributed by atoms with Crippen molar-refractivity contribution in [3.8, 4) is 11.8 Å². The lowest BCUT2D eigenvalue weighted by Crippen LogP contribution is -2.05. The lowest BCUT2D eigenvalue weighted by Gasteiger charge is -1.95. The van der Waals surface area contributed by atoms with E-state index in [1.807, 2.05) is 0 Å². The third kappa shape index (κ3) is 1.15. The zero-order chi connectivity index (χ0) is 7.73. The number of epoxide rings is 1. The van der Waals surface area contributed by atoms with Gasteiger partial charge in [0.05, 0.1) is 6.10 Å². The Hall–Kier alpha value is -0.520. The zero-order valence-electron chi connectivity index (χ0n) is 6.72. The molecule has 2 nitrogen and oxygen atoms in total. The molecule has 1 saturated heterocycles. The van der Waals surface area contributed by atoms with Crippen LogP contribution in [0.4, 0.5) is 0 Å². The van der Waals surface area contributed by atoms with Crippen molar-refractivity contribution in [1.82, 2.24) is 0 Å². The van der Waals surface area contributed by atoms with Gasteiger partial charge in [-0.2, -0.15) is 0 Å². The fourth-order valence-corrected chi connectivity index (χ4v) is 1.71. The number of ether oxygens (including phenoxy) is 2. The molecule has 11 heavy (non-hydrogen) atoms. The van der Waals surface area contributed by atoms with Gasteiger partial charge >= 0.3 is 0 Å². The van der Waals surface area contributed by atoms with Crippen LogP contribution in [0.25, 0.3) is 0 Å². The monoisotopic (exact) mass is 152 g/mol. The number of hydrogen-bond donors (Lipinski definition) is 0. The standard InChI is InChI=1S/C9H12O2/c1-10-7-3-6-9-5-2-4-8(9)11-9/h8H,2,4-5,7H2,1H3/t8-,9-/m1/s1. The maximum absolute atomic E-state index is 5.46. The molecule has 2 heteroatoms. The van der Waals surface area contributed by atoms with Gasteiger partial charge in [-0.3, -0.25) is 0 Å². The van der Waals surface area contributed by atoms with Crippen LogP contribution >= 0.6 is 0 Å². The number of hydrogen-bond acceptors (Lipinski definition) is 2. The minimum atomic E-state index is -0.0292. The van der Waals surface area contributed by atoms with Crippen LogP contribution in [-0.4, -0.2) is 25.4 Å². The van der Waals surface area contributed by atoms with Gasteiger partial charge in [0.1, 0.15) is 6.61 Å². The molecule has 0 unspecified atom stereocenters. The molecule has 2 atom stereocenters. The highest BCUT2D eigenvalue weighted by molar-refractivity contribution is 5.28. The summed E-state index contributed by atoms with van der Waals surface area (Å²) in [6, 6.07) is 0. The third-order valence-electron chi connectivity index (χ3n) is 2.35. The smallest absolute Gasteiger partial charge is 0.155 e. The largest absolute Gasteiger partial charge is 0.372 e. The summed E-state index contributed by atoms with van der Waals surface area (Å²) >= 11 is 0. The van der Waals surface area contributed by atoms with Gasteiger partial charge in [-0.25, -0.2) is 0 Å². The first-order valence-electron chi connectivity index (χ1n) is 4.04. The maximum atomic E-state index is 5.46. The van der Waals surface area contributed by atoms with Gasteiger partial charge in [-0.15, -0.1) is 0 Å². The Labute approximate surface area is 66.9 Å². The van der Waals surface area contributed by atoms with Crippen LogP contribution in [0, 0.1) is 11.8 Å². The fourth-order valence-electron chi connectivity index (χ4n) is 1.71. The average Bonchev–Trinajstić information content (AvgIpc) is 2.55. The van der Waals surface area contributed by atoms with Crippen molar-refractivity contribution in [1.29, 1.82) is 0 Å². The fraction of sp³-hybridized carbons (Fsp3) is 0.778. The Balaban J connectivity index is 1.92. The SMILES string of the molecule is COCC#C[C@]12CCC[C@H]1O2. The first-order chi connectivity index (χ1) is 5.37. The molecule has 0 aromatic carbocycles. The second kappa shape index (κ2) is 2.51. The third-order valence-corrected chi connectivity index (χ3v) is 2.35. The van der Waals surface area contributed by atoms with E-state index >= 15 is 0 Å². The molecule has 0 bridgehead atoms.